The number of carbonyl (C=O) groups is 1. The molecular weight excluding hydrogens is 154 g/mol. The zero-order valence-electron chi connectivity index (χ0n) is 6.49. The molecule has 1 aromatic rings. The van der Waals surface area contributed by atoms with Crippen molar-refractivity contribution < 1.29 is 9.21 Å². The van der Waals surface area contributed by atoms with Crippen LogP contribution < -0.4 is 5.32 Å². The van der Waals surface area contributed by atoms with Crippen LogP contribution >= 0.6 is 0 Å². The second-order valence-corrected chi connectivity index (χ2v) is 2.71. The SMILES string of the molecule is O=C1C=CCC(c2ccco2)N1. The number of furan rings is 1. The number of rotatable bonds is 1. The van der Waals surface area contributed by atoms with Crippen molar-refractivity contribution in [1.82, 2.24) is 5.32 Å². The Morgan fingerprint density at radius 3 is 3.17 bits per heavy atom. The predicted molar refractivity (Wildman–Crippen MR) is 43.3 cm³/mol. The molecule has 1 aromatic heterocycles. The summed E-state index contributed by atoms with van der Waals surface area (Å²) in [4.78, 5) is 10.9. The molecule has 1 amide bonds. The van der Waals surface area contributed by atoms with Gasteiger partial charge < -0.3 is 9.73 Å². The van der Waals surface area contributed by atoms with Crippen LogP contribution in [0.2, 0.25) is 0 Å². The predicted octanol–water partition coefficient (Wildman–Crippen LogP) is 1.40. The Morgan fingerprint density at radius 1 is 1.58 bits per heavy atom. The van der Waals surface area contributed by atoms with Crippen LogP contribution in [0, 0.1) is 0 Å². The van der Waals surface area contributed by atoms with E-state index in [0.29, 0.717) is 0 Å². The molecule has 62 valence electrons. The van der Waals surface area contributed by atoms with E-state index in [1.54, 1.807) is 12.3 Å². The van der Waals surface area contributed by atoms with Crippen LogP contribution in [-0.4, -0.2) is 5.91 Å². The van der Waals surface area contributed by atoms with Crippen LogP contribution in [0.15, 0.2) is 35.0 Å². The van der Waals surface area contributed by atoms with Crippen molar-refractivity contribution in [3.8, 4) is 0 Å². The molecule has 0 radical (unpaired) electrons. The van der Waals surface area contributed by atoms with Gasteiger partial charge in [0.25, 0.3) is 0 Å². The fraction of sp³-hybridized carbons (Fsp3) is 0.222. The molecule has 1 aliphatic rings. The lowest BCUT2D eigenvalue weighted by atomic mass is 10.1. The summed E-state index contributed by atoms with van der Waals surface area (Å²) in [6.45, 7) is 0. The average Bonchev–Trinajstić information content (AvgIpc) is 2.56. The van der Waals surface area contributed by atoms with Gasteiger partial charge in [0.15, 0.2) is 0 Å². The van der Waals surface area contributed by atoms with Crippen LogP contribution in [0.5, 0.6) is 0 Å². The summed E-state index contributed by atoms with van der Waals surface area (Å²) in [5.74, 6) is 0.760. The molecule has 2 rings (SSSR count). The Hall–Kier alpha value is -1.51. The van der Waals surface area contributed by atoms with Gasteiger partial charge in [0.05, 0.1) is 12.3 Å². The summed E-state index contributed by atoms with van der Waals surface area (Å²) in [5.41, 5.74) is 0. The molecular formula is C9H9NO2. The highest BCUT2D eigenvalue weighted by Gasteiger charge is 2.17. The molecule has 1 aliphatic heterocycles. The van der Waals surface area contributed by atoms with Gasteiger partial charge in [-0.3, -0.25) is 4.79 Å². The summed E-state index contributed by atoms with van der Waals surface area (Å²) in [7, 11) is 0. The molecule has 0 saturated heterocycles. The standard InChI is InChI=1S/C9H9NO2/c11-9-5-1-3-7(10-9)8-4-2-6-12-8/h1-2,4-7H,3H2,(H,10,11). The zero-order valence-corrected chi connectivity index (χ0v) is 6.49. The lowest BCUT2D eigenvalue weighted by Gasteiger charge is -2.16. The largest absolute Gasteiger partial charge is 0.467 e. The minimum absolute atomic E-state index is 0.0116. The molecule has 0 spiro atoms. The first kappa shape index (κ1) is 7.16. The van der Waals surface area contributed by atoms with Crippen molar-refractivity contribution in [2.45, 2.75) is 12.5 Å². The van der Waals surface area contributed by atoms with Crippen LogP contribution in [0.3, 0.4) is 0 Å². The van der Waals surface area contributed by atoms with E-state index in [1.165, 1.54) is 0 Å². The first-order valence-corrected chi connectivity index (χ1v) is 3.87. The smallest absolute Gasteiger partial charge is 0.244 e. The topological polar surface area (TPSA) is 42.2 Å². The molecule has 0 aromatic carbocycles. The molecule has 12 heavy (non-hydrogen) atoms. The van der Waals surface area contributed by atoms with Crippen LogP contribution in [0.25, 0.3) is 0 Å². The van der Waals surface area contributed by atoms with E-state index in [1.807, 2.05) is 18.2 Å². The van der Waals surface area contributed by atoms with Crippen molar-refractivity contribution >= 4 is 5.91 Å². The molecule has 1 atom stereocenters. The molecule has 3 nitrogen and oxygen atoms in total. The Bertz CT molecular complexity index is 300. The number of amides is 1. The zero-order chi connectivity index (χ0) is 8.39. The Balaban J connectivity index is 2.17. The van der Waals surface area contributed by atoms with E-state index in [0.717, 1.165) is 12.2 Å². The third-order valence-electron chi connectivity index (χ3n) is 1.84. The first-order valence-electron chi connectivity index (χ1n) is 3.87. The molecule has 1 N–H and O–H groups in total. The van der Waals surface area contributed by atoms with E-state index < -0.39 is 0 Å². The molecule has 0 saturated carbocycles. The first-order chi connectivity index (χ1) is 5.86. The minimum atomic E-state index is -0.0531. The summed E-state index contributed by atoms with van der Waals surface area (Å²) in [6, 6.07) is 3.70. The summed E-state index contributed by atoms with van der Waals surface area (Å²) < 4.78 is 5.17. The second kappa shape index (κ2) is 2.85. The van der Waals surface area contributed by atoms with Crippen molar-refractivity contribution in [1.29, 1.82) is 0 Å². The van der Waals surface area contributed by atoms with E-state index in [4.69, 9.17) is 4.42 Å². The molecule has 2 heterocycles. The van der Waals surface area contributed by atoms with Gasteiger partial charge in [0.2, 0.25) is 5.91 Å². The molecule has 0 bridgehead atoms. The second-order valence-electron chi connectivity index (χ2n) is 2.71. The Morgan fingerprint density at radius 2 is 2.50 bits per heavy atom. The maximum absolute atomic E-state index is 10.9. The fourth-order valence-electron chi connectivity index (χ4n) is 1.27. The third-order valence-corrected chi connectivity index (χ3v) is 1.84. The van der Waals surface area contributed by atoms with Crippen LogP contribution in [-0.2, 0) is 4.79 Å². The Labute approximate surface area is 70.1 Å². The third kappa shape index (κ3) is 1.25. The van der Waals surface area contributed by atoms with E-state index >= 15 is 0 Å². The van der Waals surface area contributed by atoms with Gasteiger partial charge in [-0.05, 0) is 24.6 Å². The lowest BCUT2D eigenvalue weighted by molar-refractivity contribution is -0.117. The fourth-order valence-corrected chi connectivity index (χ4v) is 1.27. The number of carbonyl (C=O) groups excluding carboxylic acids is 1. The van der Waals surface area contributed by atoms with E-state index in [9.17, 15) is 4.79 Å². The average molecular weight is 163 g/mol. The quantitative estimate of drug-likeness (QED) is 0.679. The molecule has 3 heteroatoms. The van der Waals surface area contributed by atoms with Gasteiger partial charge in [-0.25, -0.2) is 0 Å². The highest BCUT2D eigenvalue weighted by atomic mass is 16.3. The minimum Gasteiger partial charge on any atom is -0.467 e. The molecule has 1 unspecified atom stereocenters. The maximum atomic E-state index is 10.9. The maximum Gasteiger partial charge on any atom is 0.244 e. The highest BCUT2D eigenvalue weighted by Crippen LogP contribution is 2.19. The van der Waals surface area contributed by atoms with Crippen LogP contribution in [0.1, 0.15) is 18.2 Å². The molecule has 0 fully saturated rings. The van der Waals surface area contributed by atoms with Crippen molar-refractivity contribution in [3.63, 3.8) is 0 Å². The normalized spacial score (nSPS) is 22.3. The summed E-state index contributed by atoms with van der Waals surface area (Å²) in [6.07, 6.45) is 5.81. The van der Waals surface area contributed by atoms with Crippen molar-refractivity contribution in [2.24, 2.45) is 0 Å². The van der Waals surface area contributed by atoms with Crippen LogP contribution in [0.4, 0.5) is 0 Å². The monoisotopic (exact) mass is 163 g/mol. The number of hydrogen-bond donors (Lipinski definition) is 1. The summed E-state index contributed by atoms with van der Waals surface area (Å²) in [5, 5.41) is 2.80. The summed E-state index contributed by atoms with van der Waals surface area (Å²) >= 11 is 0. The highest BCUT2D eigenvalue weighted by molar-refractivity contribution is 5.88. The van der Waals surface area contributed by atoms with Gasteiger partial charge in [0.1, 0.15) is 5.76 Å². The lowest BCUT2D eigenvalue weighted by Crippen LogP contribution is -2.28. The van der Waals surface area contributed by atoms with Gasteiger partial charge >= 0.3 is 0 Å². The van der Waals surface area contributed by atoms with Gasteiger partial charge in [-0.15, -0.1) is 0 Å². The van der Waals surface area contributed by atoms with E-state index in [-0.39, 0.29) is 11.9 Å². The Kier molecular flexibility index (Phi) is 1.70. The van der Waals surface area contributed by atoms with Crippen molar-refractivity contribution in [2.75, 3.05) is 0 Å². The molecule has 0 aliphatic carbocycles. The van der Waals surface area contributed by atoms with E-state index in [2.05, 4.69) is 5.32 Å². The van der Waals surface area contributed by atoms with Crippen molar-refractivity contribution in [3.05, 3.63) is 36.3 Å². The number of nitrogens with one attached hydrogen (secondary N) is 1. The number of hydrogen-bond acceptors (Lipinski definition) is 2. The van der Waals surface area contributed by atoms with Gasteiger partial charge in [-0.2, -0.15) is 0 Å². The van der Waals surface area contributed by atoms with Gasteiger partial charge in [-0.1, -0.05) is 6.08 Å². The van der Waals surface area contributed by atoms with Gasteiger partial charge in [0, 0.05) is 0 Å².